The number of hydroxylamine groups is 2. The highest BCUT2D eigenvalue weighted by Gasteiger charge is 2.17. The van der Waals surface area contributed by atoms with Crippen LogP contribution in [0.2, 0.25) is 0 Å². The lowest BCUT2D eigenvalue weighted by molar-refractivity contribution is -0.180. The molecular formula is C13H25N3O2. The zero-order valence-corrected chi connectivity index (χ0v) is 11.7. The summed E-state index contributed by atoms with van der Waals surface area (Å²) < 4.78 is 0. The molecule has 104 valence electrons. The highest BCUT2D eigenvalue weighted by Crippen LogP contribution is 2.06. The number of carbonyl (C=O) groups is 1. The highest BCUT2D eigenvalue weighted by atomic mass is 16.7. The molecule has 1 amide bonds. The van der Waals surface area contributed by atoms with Crippen LogP contribution in [0.25, 0.3) is 0 Å². The molecule has 0 rings (SSSR count). The Labute approximate surface area is 110 Å². The fraction of sp³-hybridized carbons (Fsp3) is 0.692. The maximum atomic E-state index is 12.0. The Morgan fingerprint density at radius 2 is 2.00 bits per heavy atom. The molecule has 0 aliphatic rings. The van der Waals surface area contributed by atoms with Gasteiger partial charge in [-0.15, -0.1) is 0 Å². The van der Waals surface area contributed by atoms with E-state index in [0.717, 1.165) is 12.8 Å². The Morgan fingerprint density at radius 1 is 1.33 bits per heavy atom. The van der Waals surface area contributed by atoms with Crippen molar-refractivity contribution in [3.63, 3.8) is 0 Å². The number of nitrogens with two attached hydrogens (primary N) is 1. The van der Waals surface area contributed by atoms with Crippen molar-refractivity contribution in [1.29, 1.82) is 0 Å². The van der Waals surface area contributed by atoms with E-state index in [1.807, 2.05) is 20.8 Å². The minimum absolute atomic E-state index is 0.214. The van der Waals surface area contributed by atoms with Gasteiger partial charge in [0.1, 0.15) is 0 Å². The van der Waals surface area contributed by atoms with Gasteiger partial charge in [0, 0.05) is 25.1 Å². The Balaban J connectivity index is 4.42. The average Bonchev–Trinajstić information content (AvgIpc) is 2.35. The second-order valence-electron chi connectivity index (χ2n) is 3.98. The topological polar surface area (TPSA) is 67.9 Å². The molecule has 0 spiro atoms. The Hall–Kier alpha value is -1.36. The van der Waals surface area contributed by atoms with Gasteiger partial charge < -0.3 is 5.73 Å². The summed E-state index contributed by atoms with van der Waals surface area (Å²) in [6.07, 6.45) is 2.06. The van der Waals surface area contributed by atoms with Crippen molar-refractivity contribution in [3.05, 3.63) is 12.2 Å². The lowest BCUT2D eigenvalue weighted by atomic mass is 10.2. The van der Waals surface area contributed by atoms with Crippen molar-refractivity contribution in [2.24, 2.45) is 10.7 Å². The standard InChI is InChI=1S/C13H25N3O2/c1-5-8-15-12(14)10-11(4)13(17)16(9-6-2)18-7-3/h4-10H2,1-3H3,(H2,14,15). The van der Waals surface area contributed by atoms with Crippen LogP contribution in [-0.2, 0) is 9.63 Å². The molecule has 0 aromatic heterocycles. The molecular weight excluding hydrogens is 230 g/mol. The minimum atomic E-state index is -0.214. The Morgan fingerprint density at radius 3 is 2.50 bits per heavy atom. The smallest absolute Gasteiger partial charge is 0.273 e. The third-order valence-corrected chi connectivity index (χ3v) is 2.17. The van der Waals surface area contributed by atoms with Gasteiger partial charge in [-0.2, -0.15) is 0 Å². The normalized spacial score (nSPS) is 11.4. The van der Waals surface area contributed by atoms with Gasteiger partial charge in [-0.3, -0.25) is 14.6 Å². The van der Waals surface area contributed by atoms with Crippen LogP contribution >= 0.6 is 0 Å². The molecule has 0 saturated heterocycles. The number of nitrogens with zero attached hydrogens (tertiary/aromatic N) is 2. The van der Waals surface area contributed by atoms with Gasteiger partial charge in [0.15, 0.2) is 0 Å². The number of rotatable bonds is 9. The van der Waals surface area contributed by atoms with Crippen molar-refractivity contribution in [2.45, 2.75) is 40.0 Å². The molecule has 0 bridgehead atoms. The van der Waals surface area contributed by atoms with Crippen LogP contribution in [0, 0.1) is 0 Å². The summed E-state index contributed by atoms with van der Waals surface area (Å²) in [5, 5.41) is 1.34. The van der Waals surface area contributed by atoms with Gasteiger partial charge in [-0.25, -0.2) is 5.06 Å². The van der Waals surface area contributed by atoms with E-state index in [4.69, 9.17) is 10.6 Å². The van der Waals surface area contributed by atoms with Crippen molar-refractivity contribution in [1.82, 2.24) is 5.06 Å². The lowest BCUT2D eigenvalue weighted by Crippen LogP contribution is -2.34. The monoisotopic (exact) mass is 255 g/mol. The first-order valence-electron chi connectivity index (χ1n) is 6.48. The molecule has 0 aromatic rings. The molecule has 0 radical (unpaired) electrons. The van der Waals surface area contributed by atoms with Crippen LogP contribution in [0.4, 0.5) is 0 Å². The van der Waals surface area contributed by atoms with Gasteiger partial charge in [0.25, 0.3) is 5.91 Å². The predicted octanol–water partition coefficient (Wildman–Crippen LogP) is 1.89. The zero-order valence-electron chi connectivity index (χ0n) is 11.7. The van der Waals surface area contributed by atoms with Gasteiger partial charge in [0.2, 0.25) is 0 Å². The molecule has 2 N–H and O–H groups in total. The van der Waals surface area contributed by atoms with Gasteiger partial charge in [-0.1, -0.05) is 20.4 Å². The molecule has 0 aromatic carbocycles. The summed E-state index contributed by atoms with van der Waals surface area (Å²) in [4.78, 5) is 21.4. The number of aliphatic imine (C=N–C) groups is 1. The number of amidine groups is 1. The van der Waals surface area contributed by atoms with Crippen LogP contribution < -0.4 is 5.73 Å². The molecule has 18 heavy (non-hydrogen) atoms. The number of hydrogen-bond donors (Lipinski definition) is 1. The van der Waals surface area contributed by atoms with Crippen molar-refractivity contribution in [2.75, 3.05) is 19.7 Å². The summed E-state index contributed by atoms with van der Waals surface area (Å²) in [6.45, 7) is 11.3. The molecule has 0 fully saturated rings. The summed E-state index contributed by atoms with van der Waals surface area (Å²) in [6, 6.07) is 0. The summed E-state index contributed by atoms with van der Waals surface area (Å²) in [5.74, 6) is 0.233. The van der Waals surface area contributed by atoms with Gasteiger partial charge in [-0.05, 0) is 19.8 Å². The number of amides is 1. The van der Waals surface area contributed by atoms with E-state index in [-0.39, 0.29) is 5.91 Å². The molecule has 0 atom stereocenters. The summed E-state index contributed by atoms with van der Waals surface area (Å²) >= 11 is 0. The third-order valence-electron chi connectivity index (χ3n) is 2.17. The van der Waals surface area contributed by atoms with E-state index in [1.54, 1.807) is 0 Å². The van der Waals surface area contributed by atoms with E-state index in [2.05, 4.69) is 11.6 Å². The van der Waals surface area contributed by atoms with Crippen LogP contribution in [0.5, 0.6) is 0 Å². The van der Waals surface area contributed by atoms with Crippen molar-refractivity contribution in [3.8, 4) is 0 Å². The summed E-state index contributed by atoms with van der Waals surface area (Å²) in [7, 11) is 0. The average molecular weight is 255 g/mol. The predicted molar refractivity (Wildman–Crippen MR) is 74.2 cm³/mol. The Bertz CT molecular complexity index is 295. The zero-order chi connectivity index (χ0) is 14.0. The largest absolute Gasteiger partial charge is 0.387 e. The summed E-state index contributed by atoms with van der Waals surface area (Å²) in [5.41, 5.74) is 6.14. The molecule has 0 aliphatic heterocycles. The molecule has 0 unspecified atom stereocenters. The van der Waals surface area contributed by atoms with Crippen LogP contribution in [0.3, 0.4) is 0 Å². The molecule has 0 heterocycles. The minimum Gasteiger partial charge on any atom is -0.387 e. The quantitative estimate of drug-likeness (QED) is 0.296. The highest BCUT2D eigenvalue weighted by molar-refractivity contribution is 5.98. The van der Waals surface area contributed by atoms with Crippen LogP contribution in [0.1, 0.15) is 40.0 Å². The van der Waals surface area contributed by atoms with Gasteiger partial charge >= 0.3 is 0 Å². The fourth-order valence-corrected chi connectivity index (χ4v) is 1.37. The fourth-order valence-electron chi connectivity index (χ4n) is 1.37. The first kappa shape index (κ1) is 16.6. The molecule has 5 nitrogen and oxygen atoms in total. The van der Waals surface area contributed by atoms with Gasteiger partial charge in [0.05, 0.1) is 12.4 Å². The van der Waals surface area contributed by atoms with Crippen molar-refractivity contribution < 1.29 is 9.63 Å². The number of carbonyl (C=O) groups excluding carboxylic acids is 1. The van der Waals surface area contributed by atoms with E-state index in [9.17, 15) is 4.79 Å². The van der Waals surface area contributed by atoms with Crippen molar-refractivity contribution >= 4 is 11.7 Å². The SMILES string of the molecule is C=C(C/C(N)=N\CCC)C(=O)N(CCC)OCC. The van der Waals surface area contributed by atoms with E-state index < -0.39 is 0 Å². The van der Waals surface area contributed by atoms with E-state index in [1.165, 1.54) is 5.06 Å². The third kappa shape index (κ3) is 6.39. The lowest BCUT2D eigenvalue weighted by Gasteiger charge is -2.21. The second kappa shape index (κ2) is 9.65. The first-order chi connectivity index (χ1) is 8.56. The molecule has 0 saturated carbocycles. The first-order valence-corrected chi connectivity index (χ1v) is 6.48. The Kier molecular flexibility index (Phi) is 8.92. The number of hydrogen-bond acceptors (Lipinski definition) is 3. The molecule has 0 aliphatic carbocycles. The molecule has 5 heteroatoms. The van der Waals surface area contributed by atoms with Crippen LogP contribution in [-0.4, -0.2) is 36.5 Å². The maximum absolute atomic E-state index is 12.0. The van der Waals surface area contributed by atoms with E-state index >= 15 is 0 Å². The maximum Gasteiger partial charge on any atom is 0.273 e. The van der Waals surface area contributed by atoms with E-state index in [0.29, 0.717) is 37.5 Å². The van der Waals surface area contributed by atoms with Crippen LogP contribution in [0.15, 0.2) is 17.1 Å². The second-order valence-corrected chi connectivity index (χ2v) is 3.98.